The van der Waals surface area contributed by atoms with Crippen molar-refractivity contribution in [2.24, 2.45) is 0 Å². The van der Waals surface area contributed by atoms with Gasteiger partial charge in [0.15, 0.2) is 17.4 Å². The third kappa shape index (κ3) is 2.53. The first-order valence-corrected chi connectivity index (χ1v) is 6.34. The number of carboxylic acids is 1. The van der Waals surface area contributed by atoms with Crippen LogP contribution in [0.5, 0.6) is 17.4 Å². The highest BCUT2D eigenvalue weighted by Gasteiger charge is 2.12. The van der Waals surface area contributed by atoms with E-state index < -0.39 is 5.97 Å². The molecule has 0 aliphatic carbocycles. The van der Waals surface area contributed by atoms with Crippen molar-refractivity contribution in [1.82, 2.24) is 4.98 Å². The molecule has 0 spiro atoms. The molecule has 2 N–H and O–H groups in total. The van der Waals surface area contributed by atoms with Gasteiger partial charge in [-0.3, -0.25) is 0 Å². The van der Waals surface area contributed by atoms with Crippen LogP contribution in [0.25, 0.3) is 10.9 Å². The summed E-state index contributed by atoms with van der Waals surface area (Å²) in [7, 11) is 1.51. The summed E-state index contributed by atoms with van der Waals surface area (Å²) in [5, 5.41) is 10.1. The summed E-state index contributed by atoms with van der Waals surface area (Å²) in [6.45, 7) is 0. The Morgan fingerprint density at radius 3 is 2.62 bits per heavy atom. The molecule has 0 fully saturated rings. The Morgan fingerprint density at radius 1 is 1.10 bits per heavy atom. The van der Waals surface area contributed by atoms with Crippen LogP contribution >= 0.6 is 0 Å². The molecule has 0 aliphatic heterocycles. The van der Waals surface area contributed by atoms with Gasteiger partial charge < -0.3 is 19.6 Å². The number of aromatic amines is 1. The second-order valence-electron chi connectivity index (χ2n) is 4.49. The van der Waals surface area contributed by atoms with Gasteiger partial charge in [0.1, 0.15) is 0 Å². The molecular weight excluding hydrogens is 270 g/mol. The fraction of sp³-hybridized carbons (Fsp3) is 0.0625. The van der Waals surface area contributed by atoms with Gasteiger partial charge >= 0.3 is 5.97 Å². The van der Waals surface area contributed by atoms with Gasteiger partial charge in [-0.05, 0) is 24.3 Å². The number of ether oxygens (including phenoxy) is 2. The Hall–Kier alpha value is -2.95. The number of fused-ring (bicyclic) bond motifs is 1. The van der Waals surface area contributed by atoms with Gasteiger partial charge in [-0.1, -0.05) is 18.2 Å². The van der Waals surface area contributed by atoms with E-state index in [1.54, 1.807) is 6.07 Å². The van der Waals surface area contributed by atoms with Gasteiger partial charge in [-0.25, -0.2) is 4.79 Å². The van der Waals surface area contributed by atoms with Gasteiger partial charge in [-0.2, -0.15) is 0 Å². The summed E-state index contributed by atoms with van der Waals surface area (Å²) >= 11 is 0. The number of nitrogens with one attached hydrogen (secondary N) is 1. The molecule has 0 radical (unpaired) electrons. The molecule has 1 heterocycles. The number of methoxy groups -OCH3 is 1. The number of benzene rings is 2. The SMILES string of the molecule is COc1ccc(C(=O)O)cc1Oc1cc2ccccc2[nH]1. The van der Waals surface area contributed by atoms with E-state index in [1.807, 2.05) is 30.3 Å². The largest absolute Gasteiger partial charge is 0.493 e. The zero-order valence-electron chi connectivity index (χ0n) is 11.3. The van der Waals surface area contributed by atoms with Gasteiger partial charge in [0.2, 0.25) is 0 Å². The molecule has 106 valence electrons. The number of carboxylic acid groups (broad SMARTS) is 1. The Bertz CT molecular complexity index is 774. The van der Waals surface area contributed by atoms with Crippen molar-refractivity contribution in [2.75, 3.05) is 7.11 Å². The Morgan fingerprint density at radius 2 is 1.90 bits per heavy atom. The molecule has 0 saturated carbocycles. The molecule has 0 atom stereocenters. The zero-order chi connectivity index (χ0) is 14.8. The van der Waals surface area contributed by atoms with E-state index in [-0.39, 0.29) is 5.56 Å². The number of hydrogen-bond donors (Lipinski definition) is 2. The molecule has 5 nitrogen and oxygen atoms in total. The minimum atomic E-state index is -1.01. The lowest BCUT2D eigenvalue weighted by atomic mass is 10.2. The third-order valence-electron chi connectivity index (χ3n) is 3.14. The predicted octanol–water partition coefficient (Wildman–Crippen LogP) is 3.67. The first-order chi connectivity index (χ1) is 10.2. The number of hydrogen-bond acceptors (Lipinski definition) is 3. The summed E-state index contributed by atoms with van der Waals surface area (Å²) in [6, 6.07) is 14.1. The van der Waals surface area contributed by atoms with Crippen LogP contribution in [0, 0.1) is 0 Å². The summed E-state index contributed by atoms with van der Waals surface area (Å²) in [5.74, 6) is 0.332. The summed E-state index contributed by atoms with van der Waals surface area (Å²) in [4.78, 5) is 14.2. The van der Waals surface area contributed by atoms with Crippen LogP contribution in [0.4, 0.5) is 0 Å². The van der Waals surface area contributed by atoms with Crippen molar-refractivity contribution in [1.29, 1.82) is 0 Å². The van der Waals surface area contributed by atoms with E-state index in [4.69, 9.17) is 14.6 Å². The van der Waals surface area contributed by atoms with Crippen molar-refractivity contribution in [3.05, 3.63) is 54.1 Å². The van der Waals surface area contributed by atoms with Crippen molar-refractivity contribution >= 4 is 16.9 Å². The maximum Gasteiger partial charge on any atom is 0.335 e. The van der Waals surface area contributed by atoms with Crippen LogP contribution in [0.15, 0.2) is 48.5 Å². The minimum Gasteiger partial charge on any atom is -0.493 e. The fourth-order valence-electron chi connectivity index (χ4n) is 2.11. The highest BCUT2D eigenvalue weighted by Crippen LogP contribution is 2.33. The predicted molar refractivity (Wildman–Crippen MR) is 78.3 cm³/mol. The number of aromatic carboxylic acids is 1. The Labute approximate surface area is 120 Å². The zero-order valence-corrected chi connectivity index (χ0v) is 11.3. The van der Waals surface area contributed by atoms with Crippen LogP contribution in [0.2, 0.25) is 0 Å². The number of carbonyl (C=O) groups is 1. The molecule has 2 aromatic carbocycles. The van der Waals surface area contributed by atoms with E-state index in [9.17, 15) is 4.79 Å². The van der Waals surface area contributed by atoms with Crippen molar-refractivity contribution in [2.45, 2.75) is 0 Å². The standard InChI is InChI=1S/C16H13NO4/c1-20-13-7-6-11(16(18)19)8-14(13)21-15-9-10-4-2-3-5-12(10)17-15/h2-9,17H,1H3,(H,18,19). The van der Waals surface area contributed by atoms with Crippen LogP contribution in [-0.4, -0.2) is 23.2 Å². The van der Waals surface area contributed by atoms with Crippen molar-refractivity contribution < 1.29 is 19.4 Å². The topological polar surface area (TPSA) is 71.6 Å². The van der Waals surface area contributed by atoms with Gasteiger partial charge in [0.25, 0.3) is 0 Å². The Balaban J connectivity index is 1.99. The first-order valence-electron chi connectivity index (χ1n) is 6.34. The molecule has 0 aliphatic rings. The lowest BCUT2D eigenvalue weighted by Gasteiger charge is -2.09. The lowest BCUT2D eigenvalue weighted by Crippen LogP contribution is -1.98. The van der Waals surface area contributed by atoms with Crippen LogP contribution in [0.1, 0.15) is 10.4 Å². The molecule has 21 heavy (non-hydrogen) atoms. The smallest absolute Gasteiger partial charge is 0.335 e. The summed E-state index contributed by atoms with van der Waals surface area (Å²) < 4.78 is 10.9. The molecule has 1 aromatic heterocycles. The van der Waals surface area contributed by atoms with E-state index >= 15 is 0 Å². The molecular formula is C16H13NO4. The molecule has 0 amide bonds. The Kier molecular flexibility index (Phi) is 3.23. The molecule has 0 unspecified atom stereocenters. The van der Waals surface area contributed by atoms with Crippen molar-refractivity contribution in [3.8, 4) is 17.4 Å². The second kappa shape index (κ2) is 5.20. The highest BCUT2D eigenvalue weighted by molar-refractivity contribution is 5.88. The highest BCUT2D eigenvalue weighted by atomic mass is 16.5. The lowest BCUT2D eigenvalue weighted by molar-refractivity contribution is 0.0696. The van der Waals surface area contributed by atoms with Crippen LogP contribution in [-0.2, 0) is 0 Å². The number of rotatable bonds is 4. The van der Waals surface area contributed by atoms with E-state index in [0.717, 1.165) is 10.9 Å². The molecule has 3 aromatic rings. The average Bonchev–Trinajstić information content (AvgIpc) is 2.89. The number of para-hydroxylation sites is 1. The normalized spacial score (nSPS) is 10.5. The monoisotopic (exact) mass is 283 g/mol. The minimum absolute atomic E-state index is 0.141. The van der Waals surface area contributed by atoms with E-state index in [2.05, 4.69) is 4.98 Å². The third-order valence-corrected chi connectivity index (χ3v) is 3.14. The fourth-order valence-corrected chi connectivity index (χ4v) is 2.11. The van der Waals surface area contributed by atoms with Crippen LogP contribution in [0.3, 0.4) is 0 Å². The average molecular weight is 283 g/mol. The van der Waals surface area contributed by atoms with E-state index in [0.29, 0.717) is 17.4 Å². The summed E-state index contributed by atoms with van der Waals surface area (Å²) in [6.07, 6.45) is 0. The number of H-pyrrole nitrogens is 1. The molecule has 3 rings (SSSR count). The first kappa shape index (κ1) is 13.1. The maximum absolute atomic E-state index is 11.0. The molecule has 0 saturated heterocycles. The van der Waals surface area contributed by atoms with Gasteiger partial charge in [0.05, 0.1) is 12.7 Å². The quantitative estimate of drug-likeness (QED) is 0.766. The van der Waals surface area contributed by atoms with E-state index in [1.165, 1.54) is 19.2 Å². The van der Waals surface area contributed by atoms with Crippen LogP contribution < -0.4 is 9.47 Å². The molecule has 0 bridgehead atoms. The van der Waals surface area contributed by atoms with Crippen molar-refractivity contribution in [3.63, 3.8) is 0 Å². The van der Waals surface area contributed by atoms with Gasteiger partial charge in [0, 0.05) is 17.0 Å². The second-order valence-corrected chi connectivity index (χ2v) is 4.49. The molecule has 5 heteroatoms. The number of aromatic nitrogens is 1. The van der Waals surface area contributed by atoms with Gasteiger partial charge in [-0.15, -0.1) is 0 Å². The summed E-state index contributed by atoms with van der Waals surface area (Å²) in [5.41, 5.74) is 1.09. The maximum atomic E-state index is 11.0.